The molecule has 1 saturated heterocycles. The highest BCUT2D eigenvalue weighted by atomic mass is 32.2. The molecule has 7 nitrogen and oxygen atoms in total. The molecule has 1 fully saturated rings. The predicted molar refractivity (Wildman–Crippen MR) is 175 cm³/mol. The number of ether oxygens (including phenoxy) is 1. The molecule has 1 aromatic heterocycles. The number of thioether (sulfide) groups is 1. The number of benzene rings is 3. The van der Waals surface area contributed by atoms with Crippen LogP contribution in [-0.2, 0) is 6.42 Å². The van der Waals surface area contributed by atoms with Crippen molar-refractivity contribution >= 4 is 39.9 Å². The molecule has 2 heterocycles. The number of amidine groups is 1. The Hall–Kier alpha value is -3.90. The first-order chi connectivity index (χ1) is 21.1. The van der Waals surface area contributed by atoms with Crippen LogP contribution in [0.5, 0.6) is 5.75 Å². The Balaban J connectivity index is 1.17. The zero-order valence-corrected chi connectivity index (χ0v) is 26.3. The van der Waals surface area contributed by atoms with Gasteiger partial charge in [-0.3, -0.25) is 0 Å². The lowest BCUT2D eigenvalue weighted by Crippen LogP contribution is -2.36. The summed E-state index contributed by atoms with van der Waals surface area (Å²) < 4.78 is 42.7. The van der Waals surface area contributed by atoms with Gasteiger partial charge in [-0.05, 0) is 84.9 Å². The first-order valence-corrected chi connectivity index (χ1v) is 15.7. The fraction of sp³-hybridized carbons (Fsp3) is 0.312. The zero-order chi connectivity index (χ0) is 31.3. The summed E-state index contributed by atoms with van der Waals surface area (Å²) in [7, 11) is 0. The lowest BCUT2D eigenvalue weighted by Gasteiger charge is -2.32. The van der Waals surface area contributed by atoms with E-state index in [1.54, 1.807) is 11.8 Å². The van der Waals surface area contributed by atoms with Gasteiger partial charge in [-0.1, -0.05) is 62.0 Å². The van der Waals surface area contributed by atoms with Crippen molar-refractivity contribution in [2.45, 2.75) is 45.9 Å². The van der Waals surface area contributed by atoms with Crippen LogP contribution in [0.25, 0.3) is 17.1 Å². The molecule has 3 aromatic carbocycles. The molecule has 1 aliphatic heterocycles. The van der Waals surface area contributed by atoms with Crippen molar-refractivity contribution in [3.05, 3.63) is 89.7 Å². The minimum Gasteiger partial charge on any atom is -0.406 e. The second-order valence-electron chi connectivity index (χ2n) is 10.7. The molecule has 4 aromatic rings. The lowest BCUT2D eigenvalue weighted by molar-refractivity contribution is -0.274. The number of thiocarbonyl (C=S) groups is 1. The second kappa shape index (κ2) is 13.8. The molecule has 1 aliphatic rings. The van der Waals surface area contributed by atoms with Crippen molar-refractivity contribution < 1.29 is 17.9 Å². The maximum Gasteiger partial charge on any atom is 0.573 e. The molecule has 0 saturated carbocycles. The Labute approximate surface area is 264 Å². The summed E-state index contributed by atoms with van der Waals surface area (Å²) in [4.78, 5) is 11.5. The Morgan fingerprint density at radius 1 is 1.09 bits per heavy atom. The highest BCUT2D eigenvalue weighted by Gasteiger charge is 2.31. The Morgan fingerprint density at radius 2 is 1.84 bits per heavy atom. The van der Waals surface area contributed by atoms with Gasteiger partial charge in [-0.2, -0.15) is 4.99 Å². The SMILES string of the molecule is Cc1ccc(C(C)C)c(N2CCCSC2=NC(=S)NCCc2ccc(-c3ncn(-c4ccc(OC(F)(F)F)cc4)n3)cc2)c1. The molecule has 230 valence electrons. The number of nitrogens with zero attached hydrogens (tertiary/aromatic N) is 5. The Kier molecular flexibility index (Phi) is 9.90. The van der Waals surface area contributed by atoms with Gasteiger partial charge in [0.15, 0.2) is 16.1 Å². The van der Waals surface area contributed by atoms with Gasteiger partial charge in [0.25, 0.3) is 0 Å². The molecule has 0 amide bonds. The lowest BCUT2D eigenvalue weighted by atomic mass is 9.98. The maximum atomic E-state index is 12.4. The fourth-order valence-corrected chi connectivity index (χ4v) is 6.04. The third-order valence-corrected chi connectivity index (χ3v) is 8.31. The third-order valence-electron chi connectivity index (χ3n) is 7.01. The van der Waals surface area contributed by atoms with E-state index in [2.05, 4.69) is 64.0 Å². The summed E-state index contributed by atoms with van der Waals surface area (Å²) in [5, 5.41) is 9.16. The highest BCUT2D eigenvalue weighted by molar-refractivity contribution is 8.14. The van der Waals surface area contributed by atoms with E-state index in [1.807, 2.05) is 24.3 Å². The molecule has 1 N–H and O–H groups in total. The summed E-state index contributed by atoms with van der Waals surface area (Å²) in [6.07, 6.45) is -1.37. The number of hydrogen-bond acceptors (Lipinski definition) is 5. The molecule has 0 radical (unpaired) electrons. The van der Waals surface area contributed by atoms with Crippen LogP contribution in [0.4, 0.5) is 18.9 Å². The van der Waals surface area contributed by atoms with Crippen LogP contribution in [0.2, 0.25) is 0 Å². The van der Waals surface area contributed by atoms with E-state index >= 15 is 0 Å². The number of anilines is 1. The molecular weight excluding hydrogens is 606 g/mol. The van der Waals surface area contributed by atoms with Crippen LogP contribution < -0.4 is 15.0 Å². The van der Waals surface area contributed by atoms with Crippen LogP contribution in [0.3, 0.4) is 0 Å². The molecule has 44 heavy (non-hydrogen) atoms. The van der Waals surface area contributed by atoms with Crippen LogP contribution in [-0.4, -0.2) is 50.2 Å². The maximum absolute atomic E-state index is 12.4. The van der Waals surface area contributed by atoms with Gasteiger partial charge in [-0.15, -0.1) is 18.3 Å². The van der Waals surface area contributed by atoms with Gasteiger partial charge in [0.2, 0.25) is 0 Å². The number of aromatic nitrogens is 3. The molecule has 0 aliphatic carbocycles. The minimum atomic E-state index is -4.74. The number of hydrogen-bond donors (Lipinski definition) is 1. The number of aryl methyl sites for hydroxylation is 1. The molecular formula is C32H33F3N6OS2. The van der Waals surface area contributed by atoms with Gasteiger partial charge >= 0.3 is 6.36 Å². The monoisotopic (exact) mass is 638 g/mol. The van der Waals surface area contributed by atoms with Crippen molar-refractivity contribution in [1.82, 2.24) is 20.1 Å². The van der Waals surface area contributed by atoms with Gasteiger partial charge < -0.3 is 15.0 Å². The van der Waals surface area contributed by atoms with Crippen LogP contribution >= 0.6 is 24.0 Å². The molecule has 0 atom stereocenters. The van der Waals surface area contributed by atoms with E-state index in [1.165, 1.54) is 52.1 Å². The van der Waals surface area contributed by atoms with E-state index in [9.17, 15) is 13.2 Å². The number of alkyl halides is 3. The molecule has 12 heteroatoms. The largest absolute Gasteiger partial charge is 0.573 e. The standard InChI is InChI=1S/C32H33F3N6OS2/c1-21(2)27-14-5-22(3)19-28(27)40-17-4-18-44-31(40)38-30(43)36-16-15-23-6-8-24(9-7-23)29-37-20-41(39-29)25-10-12-26(13-11-25)42-32(33,34)35/h5-14,19-21H,4,15-18H2,1-3H3,(H,36,43). The smallest absolute Gasteiger partial charge is 0.406 e. The van der Waals surface area contributed by atoms with Crippen molar-refractivity contribution in [3.8, 4) is 22.8 Å². The van der Waals surface area contributed by atoms with Crippen molar-refractivity contribution in [1.29, 1.82) is 0 Å². The van der Waals surface area contributed by atoms with E-state index in [4.69, 9.17) is 17.2 Å². The number of rotatable bonds is 8. The average Bonchev–Trinajstić information content (AvgIpc) is 3.48. The van der Waals surface area contributed by atoms with E-state index in [0.29, 0.717) is 29.1 Å². The average molecular weight is 639 g/mol. The van der Waals surface area contributed by atoms with Crippen molar-refractivity contribution in [2.24, 2.45) is 4.99 Å². The fourth-order valence-electron chi connectivity index (χ4n) is 4.83. The number of aliphatic imine (C=N–C) groups is 1. The van der Waals surface area contributed by atoms with Gasteiger partial charge in [0, 0.05) is 30.1 Å². The Bertz CT molecular complexity index is 1620. The van der Waals surface area contributed by atoms with Gasteiger partial charge in [0.05, 0.1) is 5.69 Å². The van der Waals surface area contributed by atoms with Crippen LogP contribution in [0.15, 0.2) is 78.0 Å². The Morgan fingerprint density at radius 3 is 2.55 bits per heavy atom. The normalized spacial score (nSPS) is 14.7. The number of halogens is 3. The quantitative estimate of drug-likeness (QED) is 0.199. The molecule has 0 bridgehead atoms. The summed E-state index contributed by atoms with van der Waals surface area (Å²) in [6.45, 7) is 8.11. The topological polar surface area (TPSA) is 67.6 Å². The minimum absolute atomic E-state index is 0.294. The first-order valence-electron chi connectivity index (χ1n) is 14.3. The number of nitrogens with one attached hydrogen (secondary N) is 1. The van der Waals surface area contributed by atoms with Crippen LogP contribution in [0, 0.1) is 6.92 Å². The second-order valence-corrected chi connectivity index (χ2v) is 12.1. The highest BCUT2D eigenvalue weighted by Crippen LogP contribution is 2.33. The van der Waals surface area contributed by atoms with Crippen molar-refractivity contribution in [3.63, 3.8) is 0 Å². The van der Waals surface area contributed by atoms with E-state index in [-0.39, 0.29) is 5.75 Å². The summed E-state index contributed by atoms with van der Waals surface area (Å²) in [5.74, 6) is 1.64. The summed E-state index contributed by atoms with van der Waals surface area (Å²) in [5.41, 5.74) is 6.25. The zero-order valence-electron chi connectivity index (χ0n) is 24.6. The van der Waals surface area contributed by atoms with E-state index < -0.39 is 6.36 Å². The van der Waals surface area contributed by atoms with E-state index in [0.717, 1.165) is 41.4 Å². The molecule has 0 unspecified atom stereocenters. The van der Waals surface area contributed by atoms with Crippen LogP contribution in [0.1, 0.15) is 42.9 Å². The third kappa shape index (κ3) is 8.17. The summed E-state index contributed by atoms with van der Waals surface area (Å²) in [6, 6.07) is 20.0. The first kappa shape index (κ1) is 31.5. The molecule has 0 spiro atoms. The van der Waals surface area contributed by atoms with Crippen molar-refractivity contribution in [2.75, 3.05) is 23.7 Å². The predicted octanol–water partition coefficient (Wildman–Crippen LogP) is 7.68. The molecule has 5 rings (SSSR count). The van der Waals surface area contributed by atoms with Gasteiger partial charge in [0.1, 0.15) is 12.1 Å². The summed E-state index contributed by atoms with van der Waals surface area (Å²) >= 11 is 7.35. The van der Waals surface area contributed by atoms with Gasteiger partial charge in [-0.25, -0.2) is 9.67 Å².